The number of benzene rings is 2. The Morgan fingerprint density at radius 2 is 1.37 bits per heavy atom. The molecule has 0 saturated heterocycles. The molecular weight excluding hydrogens is 349 g/mol. The zero-order valence-corrected chi connectivity index (χ0v) is 15.4. The molecule has 0 aliphatic rings. The van der Waals surface area contributed by atoms with Crippen molar-refractivity contribution in [1.82, 2.24) is 5.32 Å². The Labute approximate surface area is 157 Å². The van der Waals surface area contributed by atoms with Gasteiger partial charge in [-0.1, -0.05) is 50.2 Å². The standard InChI is InChI=1S/C21H24FNO4/c1-13(2)11-18(20(24)25)23-19(21(26)27)12-14-3-5-15(6-4-14)16-7-9-17(22)10-8-16/h3-10,13,18-19,23H,11-12H2,1-2H3,(H,24,25)(H,26,27)/t18-,19?/m0/s1. The average molecular weight is 373 g/mol. The number of carboxylic acid groups (broad SMARTS) is 2. The molecule has 2 atom stereocenters. The van der Waals surface area contributed by atoms with Crippen LogP contribution in [0.25, 0.3) is 11.1 Å². The van der Waals surface area contributed by atoms with Gasteiger partial charge in [-0.25, -0.2) is 4.39 Å². The number of hydrogen-bond donors (Lipinski definition) is 3. The van der Waals surface area contributed by atoms with Crippen LogP contribution in [-0.2, 0) is 16.0 Å². The second-order valence-electron chi connectivity index (χ2n) is 6.99. The lowest BCUT2D eigenvalue weighted by Crippen LogP contribution is -2.48. The summed E-state index contributed by atoms with van der Waals surface area (Å²) in [5, 5.41) is 21.5. The highest BCUT2D eigenvalue weighted by atomic mass is 19.1. The first-order valence-electron chi connectivity index (χ1n) is 8.82. The Kier molecular flexibility index (Phi) is 7.07. The Bertz CT molecular complexity index is 772. The molecule has 0 aromatic heterocycles. The van der Waals surface area contributed by atoms with Gasteiger partial charge in [-0.3, -0.25) is 14.9 Å². The fraction of sp³-hybridized carbons (Fsp3) is 0.333. The van der Waals surface area contributed by atoms with E-state index in [1.807, 2.05) is 26.0 Å². The molecule has 0 fully saturated rings. The molecule has 27 heavy (non-hydrogen) atoms. The van der Waals surface area contributed by atoms with Crippen molar-refractivity contribution in [2.75, 3.05) is 0 Å². The fourth-order valence-corrected chi connectivity index (χ4v) is 2.88. The summed E-state index contributed by atoms with van der Waals surface area (Å²) >= 11 is 0. The van der Waals surface area contributed by atoms with Crippen LogP contribution < -0.4 is 5.32 Å². The maximum atomic E-state index is 13.0. The summed E-state index contributed by atoms with van der Waals surface area (Å²) in [5.74, 6) is -2.32. The van der Waals surface area contributed by atoms with Crippen LogP contribution in [0.1, 0.15) is 25.8 Å². The van der Waals surface area contributed by atoms with E-state index in [1.165, 1.54) is 12.1 Å². The number of aliphatic carboxylic acids is 2. The molecular formula is C21H24FNO4. The molecule has 0 amide bonds. The molecule has 2 aromatic carbocycles. The Balaban J connectivity index is 2.10. The number of carboxylic acids is 2. The molecule has 1 unspecified atom stereocenters. The Hall–Kier alpha value is -2.73. The first-order chi connectivity index (χ1) is 12.8. The van der Waals surface area contributed by atoms with Gasteiger partial charge in [-0.15, -0.1) is 0 Å². The van der Waals surface area contributed by atoms with Crippen molar-refractivity contribution in [2.45, 2.75) is 38.8 Å². The molecule has 6 heteroatoms. The van der Waals surface area contributed by atoms with Gasteiger partial charge in [0, 0.05) is 0 Å². The predicted molar refractivity (Wildman–Crippen MR) is 101 cm³/mol. The smallest absolute Gasteiger partial charge is 0.321 e. The number of rotatable bonds is 9. The van der Waals surface area contributed by atoms with Gasteiger partial charge < -0.3 is 10.2 Å². The molecule has 0 spiro atoms. The number of hydrogen-bond acceptors (Lipinski definition) is 3. The third kappa shape index (κ3) is 6.18. The molecule has 0 radical (unpaired) electrons. The maximum Gasteiger partial charge on any atom is 0.321 e. The highest BCUT2D eigenvalue weighted by Crippen LogP contribution is 2.20. The molecule has 3 N–H and O–H groups in total. The summed E-state index contributed by atoms with van der Waals surface area (Å²) in [7, 11) is 0. The molecule has 0 bridgehead atoms. The minimum absolute atomic E-state index is 0.128. The summed E-state index contributed by atoms with van der Waals surface area (Å²) in [6.07, 6.45) is 0.517. The summed E-state index contributed by atoms with van der Waals surface area (Å²) in [5.41, 5.74) is 2.52. The average Bonchev–Trinajstić information content (AvgIpc) is 2.61. The monoisotopic (exact) mass is 373 g/mol. The highest BCUT2D eigenvalue weighted by Gasteiger charge is 2.26. The van der Waals surface area contributed by atoms with Crippen LogP contribution in [0.15, 0.2) is 48.5 Å². The van der Waals surface area contributed by atoms with Gasteiger partial charge in [0.15, 0.2) is 0 Å². The Morgan fingerprint density at radius 3 is 1.81 bits per heavy atom. The molecule has 0 saturated carbocycles. The lowest BCUT2D eigenvalue weighted by atomic mass is 9.98. The number of nitrogens with one attached hydrogen (secondary N) is 1. The lowest BCUT2D eigenvalue weighted by molar-refractivity contribution is -0.142. The fourth-order valence-electron chi connectivity index (χ4n) is 2.88. The molecule has 0 heterocycles. The van der Waals surface area contributed by atoms with E-state index in [9.17, 15) is 24.2 Å². The van der Waals surface area contributed by atoms with Gasteiger partial charge in [-0.05, 0) is 47.6 Å². The second kappa shape index (κ2) is 9.28. The number of halogens is 1. The molecule has 0 aliphatic carbocycles. The van der Waals surface area contributed by atoms with Crippen molar-refractivity contribution in [1.29, 1.82) is 0 Å². The van der Waals surface area contributed by atoms with E-state index in [0.717, 1.165) is 16.7 Å². The van der Waals surface area contributed by atoms with Gasteiger partial charge in [0.2, 0.25) is 0 Å². The molecule has 0 aliphatic heterocycles. The second-order valence-corrected chi connectivity index (χ2v) is 6.99. The van der Waals surface area contributed by atoms with Crippen LogP contribution in [-0.4, -0.2) is 34.2 Å². The first kappa shape index (κ1) is 20.6. The van der Waals surface area contributed by atoms with E-state index in [4.69, 9.17) is 0 Å². The van der Waals surface area contributed by atoms with Crippen molar-refractivity contribution in [3.8, 4) is 11.1 Å². The van der Waals surface area contributed by atoms with E-state index in [-0.39, 0.29) is 18.2 Å². The van der Waals surface area contributed by atoms with Crippen molar-refractivity contribution in [3.63, 3.8) is 0 Å². The van der Waals surface area contributed by atoms with Crippen LogP contribution in [0.2, 0.25) is 0 Å². The van der Waals surface area contributed by atoms with Gasteiger partial charge in [0.25, 0.3) is 0 Å². The van der Waals surface area contributed by atoms with Gasteiger partial charge >= 0.3 is 11.9 Å². The van der Waals surface area contributed by atoms with Gasteiger partial charge in [0.1, 0.15) is 17.9 Å². The first-order valence-corrected chi connectivity index (χ1v) is 8.82. The van der Waals surface area contributed by atoms with E-state index in [1.54, 1.807) is 24.3 Å². The Morgan fingerprint density at radius 1 is 0.889 bits per heavy atom. The molecule has 2 aromatic rings. The topological polar surface area (TPSA) is 86.6 Å². The summed E-state index contributed by atoms with van der Waals surface area (Å²) < 4.78 is 13.0. The SMILES string of the molecule is CC(C)C[C@H](NC(Cc1ccc(-c2ccc(F)cc2)cc1)C(=O)O)C(=O)O. The summed E-state index contributed by atoms with van der Waals surface area (Å²) in [4.78, 5) is 23.0. The summed E-state index contributed by atoms with van der Waals surface area (Å²) in [6.45, 7) is 3.78. The van der Waals surface area contributed by atoms with Crippen LogP contribution in [0.5, 0.6) is 0 Å². The van der Waals surface area contributed by atoms with E-state index in [0.29, 0.717) is 6.42 Å². The zero-order valence-electron chi connectivity index (χ0n) is 15.4. The van der Waals surface area contributed by atoms with E-state index >= 15 is 0 Å². The quantitative estimate of drug-likeness (QED) is 0.625. The van der Waals surface area contributed by atoms with Crippen molar-refractivity contribution < 1.29 is 24.2 Å². The van der Waals surface area contributed by atoms with E-state index < -0.39 is 24.0 Å². The maximum absolute atomic E-state index is 13.0. The van der Waals surface area contributed by atoms with Crippen molar-refractivity contribution in [2.24, 2.45) is 5.92 Å². The normalized spacial score (nSPS) is 13.3. The minimum atomic E-state index is -1.09. The van der Waals surface area contributed by atoms with Crippen molar-refractivity contribution >= 4 is 11.9 Å². The highest BCUT2D eigenvalue weighted by molar-refractivity contribution is 5.77. The lowest BCUT2D eigenvalue weighted by Gasteiger charge is -2.22. The third-order valence-corrected chi connectivity index (χ3v) is 4.28. The van der Waals surface area contributed by atoms with Crippen LogP contribution in [0.3, 0.4) is 0 Å². The third-order valence-electron chi connectivity index (χ3n) is 4.28. The van der Waals surface area contributed by atoms with Gasteiger partial charge in [0.05, 0.1) is 0 Å². The van der Waals surface area contributed by atoms with Crippen LogP contribution in [0.4, 0.5) is 4.39 Å². The molecule has 5 nitrogen and oxygen atoms in total. The zero-order chi connectivity index (χ0) is 20.0. The predicted octanol–water partition coefficient (Wildman–Crippen LogP) is 3.58. The number of carbonyl (C=O) groups is 2. The largest absolute Gasteiger partial charge is 0.480 e. The van der Waals surface area contributed by atoms with Crippen molar-refractivity contribution in [3.05, 3.63) is 59.9 Å². The minimum Gasteiger partial charge on any atom is -0.480 e. The molecule has 2 rings (SSSR count). The van der Waals surface area contributed by atoms with Gasteiger partial charge in [-0.2, -0.15) is 0 Å². The van der Waals surface area contributed by atoms with E-state index in [2.05, 4.69) is 5.32 Å². The van der Waals surface area contributed by atoms with Crippen LogP contribution >= 0.6 is 0 Å². The molecule has 144 valence electrons. The summed E-state index contributed by atoms with van der Waals surface area (Å²) in [6, 6.07) is 11.5. The van der Waals surface area contributed by atoms with Crippen LogP contribution in [0, 0.1) is 11.7 Å².